The van der Waals surface area contributed by atoms with E-state index in [1.54, 1.807) is 0 Å². The lowest BCUT2D eigenvalue weighted by Gasteiger charge is -2.01. The molecule has 0 radical (unpaired) electrons. The maximum absolute atomic E-state index is 8.68. The molecule has 0 atom stereocenters. The van der Waals surface area contributed by atoms with Crippen molar-refractivity contribution in [2.24, 2.45) is 7.05 Å². The normalized spacial score (nSPS) is 11.2. The van der Waals surface area contributed by atoms with E-state index in [9.17, 15) is 0 Å². The summed E-state index contributed by atoms with van der Waals surface area (Å²) in [5.41, 5.74) is 2.26. The first-order valence-electron chi connectivity index (χ1n) is 6.05. The highest BCUT2D eigenvalue weighted by atomic mass is 16.2. The molecule has 4 nitrogen and oxygen atoms in total. The molecule has 0 saturated carbocycles. The second-order valence-electron chi connectivity index (χ2n) is 4.19. The summed E-state index contributed by atoms with van der Waals surface area (Å²) in [7, 11) is 1.97. The number of benzene rings is 1. The molecule has 1 aromatic carbocycles. The van der Waals surface area contributed by atoms with Crippen molar-refractivity contribution in [1.82, 2.24) is 15.1 Å². The first-order valence-corrected chi connectivity index (χ1v) is 6.05. The largest absolute Gasteiger partial charge is 0.396 e. The second-order valence-corrected chi connectivity index (χ2v) is 4.19. The fraction of sp³-hybridized carbons (Fsp3) is 0.462. The minimum atomic E-state index is 0.272. The molecule has 0 aliphatic rings. The van der Waals surface area contributed by atoms with Crippen LogP contribution in [0.15, 0.2) is 24.3 Å². The molecule has 0 fully saturated rings. The monoisotopic (exact) mass is 233 g/mol. The SMILES string of the molecule is Cn1nc(CNCCCCO)c2ccccc21. The zero-order valence-corrected chi connectivity index (χ0v) is 10.2. The molecule has 4 heteroatoms. The smallest absolute Gasteiger partial charge is 0.0841 e. The molecule has 2 rings (SSSR count). The molecule has 0 aliphatic heterocycles. The van der Waals surface area contributed by atoms with Crippen molar-refractivity contribution in [3.05, 3.63) is 30.0 Å². The average Bonchev–Trinajstić information content (AvgIpc) is 2.67. The Labute approximate surface area is 101 Å². The van der Waals surface area contributed by atoms with Crippen LogP contribution in [0.4, 0.5) is 0 Å². The Bertz CT molecular complexity index is 478. The van der Waals surface area contributed by atoms with Crippen LogP contribution in [0.2, 0.25) is 0 Å². The number of aliphatic hydroxyl groups is 1. The molecule has 1 aromatic heterocycles. The van der Waals surface area contributed by atoms with Gasteiger partial charge in [0, 0.05) is 25.6 Å². The fourth-order valence-electron chi connectivity index (χ4n) is 1.99. The summed E-state index contributed by atoms with van der Waals surface area (Å²) in [6, 6.07) is 8.26. The van der Waals surface area contributed by atoms with Gasteiger partial charge in [-0.2, -0.15) is 5.10 Å². The van der Waals surface area contributed by atoms with Gasteiger partial charge in [0.15, 0.2) is 0 Å². The van der Waals surface area contributed by atoms with E-state index in [1.807, 2.05) is 23.9 Å². The van der Waals surface area contributed by atoms with Crippen molar-refractivity contribution in [2.45, 2.75) is 19.4 Å². The molecule has 0 amide bonds. The summed E-state index contributed by atoms with van der Waals surface area (Å²) in [5, 5.41) is 17.8. The summed E-state index contributed by atoms with van der Waals surface area (Å²) < 4.78 is 1.92. The third kappa shape index (κ3) is 2.84. The van der Waals surface area contributed by atoms with Gasteiger partial charge >= 0.3 is 0 Å². The van der Waals surface area contributed by atoms with Gasteiger partial charge in [-0.25, -0.2) is 0 Å². The van der Waals surface area contributed by atoms with Crippen LogP contribution in [0.25, 0.3) is 10.9 Å². The summed E-state index contributed by atoms with van der Waals surface area (Å²) in [6.45, 7) is 1.98. The number of unbranched alkanes of at least 4 members (excludes halogenated alkanes) is 1. The van der Waals surface area contributed by atoms with E-state index < -0.39 is 0 Å². The van der Waals surface area contributed by atoms with Crippen molar-refractivity contribution >= 4 is 10.9 Å². The standard InChI is InChI=1S/C13H19N3O/c1-16-13-7-3-2-6-11(13)12(15-16)10-14-8-4-5-9-17/h2-3,6-7,14,17H,4-5,8-10H2,1H3. The quantitative estimate of drug-likeness (QED) is 0.742. The maximum atomic E-state index is 8.68. The number of aryl methyl sites for hydroxylation is 1. The molecule has 0 aliphatic carbocycles. The molecule has 0 bridgehead atoms. The number of para-hydroxylation sites is 1. The van der Waals surface area contributed by atoms with E-state index in [4.69, 9.17) is 5.11 Å². The third-order valence-electron chi connectivity index (χ3n) is 2.89. The number of rotatable bonds is 6. The molecule has 2 N–H and O–H groups in total. The van der Waals surface area contributed by atoms with Crippen molar-refractivity contribution in [3.63, 3.8) is 0 Å². The molecule has 92 valence electrons. The van der Waals surface area contributed by atoms with Gasteiger partial charge in [-0.3, -0.25) is 4.68 Å². The summed E-state index contributed by atoms with van der Waals surface area (Å²) in [5.74, 6) is 0. The number of fused-ring (bicyclic) bond motifs is 1. The zero-order valence-electron chi connectivity index (χ0n) is 10.2. The second kappa shape index (κ2) is 5.80. The van der Waals surface area contributed by atoms with Crippen molar-refractivity contribution in [2.75, 3.05) is 13.2 Å². The topological polar surface area (TPSA) is 50.1 Å². The van der Waals surface area contributed by atoms with Gasteiger partial charge < -0.3 is 10.4 Å². The highest BCUT2D eigenvalue weighted by molar-refractivity contribution is 5.81. The molecule has 2 aromatic rings. The number of nitrogens with zero attached hydrogens (tertiary/aromatic N) is 2. The van der Waals surface area contributed by atoms with E-state index in [1.165, 1.54) is 10.9 Å². The van der Waals surface area contributed by atoms with Gasteiger partial charge in [-0.1, -0.05) is 18.2 Å². The fourth-order valence-corrected chi connectivity index (χ4v) is 1.99. The minimum absolute atomic E-state index is 0.272. The van der Waals surface area contributed by atoms with Gasteiger partial charge in [0.1, 0.15) is 0 Å². The van der Waals surface area contributed by atoms with Crippen LogP contribution in [0.1, 0.15) is 18.5 Å². The number of nitrogens with one attached hydrogen (secondary N) is 1. The highest BCUT2D eigenvalue weighted by Crippen LogP contribution is 2.16. The third-order valence-corrected chi connectivity index (χ3v) is 2.89. The lowest BCUT2D eigenvalue weighted by Crippen LogP contribution is -2.15. The first kappa shape index (κ1) is 12.1. The minimum Gasteiger partial charge on any atom is -0.396 e. The van der Waals surface area contributed by atoms with E-state index >= 15 is 0 Å². The van der Waals surface area contributed by atoms with E-state index in [0.29, 0.717) is 0 Å². The predicted molar refractivity (Wildman–Crippen MR) is 68.7 cm³/mol. The Morgan fingerprint density at radius 2 is 2.12 bits per heavy atom. The number of hydrogen-bond acceptors (Lipinski definition) is 3. The van der Waals surface area contributed by atoms with Crippen molar-refractivity contribution in [1.29, 1.82) is 0 Å². The Hall–Kier alpha value is -1.39. The van der Waals surface area contributed by atoms with E-state index in [0.717, 1.165) is 31.6 Å². The highest BCUT2D eigenvalue weighted by Gasteiger charge is 2.06. The maximum Gasteiger partial charge on any atom is 0.0841 e. The van der Waals surface area contributed by atoms with Crippen LogP contribution in [-0.2, 0) is 13.6 Å². The van der Waals surface area contributed by atoms with Crippen LogP contribution < -0.4 is 5.32 Å². The molecule has 1 heterocycles. The van der Waals surface area contributed by atoms with Crippen molar-refractivity contribution < 1.29 is 5.11 Å². The number of aromatic nitrogens is 2. The van der Waals surface area contributed by atoms with Crippen molar-refractivity contribution in [3.8, 4) is 0 Å². The molecule has 17 heavy (non-hydrogen) atoms. The molecular weight excluding hydrogens is 214 g/mol. The Morgan fingerprint density at radius 1 is 1.29 bits per heavy atom. The van der Waals surface area contributed by atoms with Gasteiger partial charge in [0.05, 0.1) is 11.2 Å². The van der Waals surface area contributed by atoms with Crippen LogP contribution in [0.5, 0.6) is 0 Å². The summed E-state index contributed by atoms with van der Waals surface area (Å²) in [4.78, 5) is 0. The molecule has 0 spiro atoms. The van der Waals surface area contributed by atoms with Crippen LogP contribution in [-0.4, -0.2) is 28.0 Å². The summed E-state index contributed by atoms with van der Waals surface area (Å²) in [6.07, 6.45) is 1.86. The van der Waals surface area contributed by atoms with Gasteiger partial charge in [0.25, 0.3) is 0 Å². The Kier molecular flexibility index (Phi) is 4.12. The van der Waals surface area contributed by atoms with Crippen LogP contribution >= 0.6 is 0 Å². The lowest BCUT2D eigenvalue weighted by molar-refractivity contribution is 0.283. The van der Waals surface area contributed by atoms with E-state index in [2.05, 4.69) is 22.5 Å². The predicted octanol–water partition coefficient (Wildman–Crippen LogP) is 1.44. The van der Waals surface area contributed by atoms with Crippen LogP contribution in [0, 0.1) is 0 Å². The van der Waals surface area contributed by atoms with Gasteiger partial charge in [-0.05, 0) is 25.5 Å². The lowest BCUT2D eigenvalue weighted by atomic mass is 10.2. The average molecular weight is 233 g/mol. The van der Waals surface area contributed by atoms with Gasteiger partial charge in [0.2, 0.25) is 0 Å². The van der Waals surface area contributed by atoms with Gasteiger partial charge in [-0.15, -0.1) is 0 Å². The summed E-state index contributed by atoms with van der Waals surface area (Å²) >= 11 is 0. The Balaban J connectivity index is 1.99. The van der Waals surface area contributed by atoms with E-state index in [-0.39, 0.29) is 6.61 Å². The molecule has 0 unspecified atom stereocenters. The molecular formula is C13H19N3O. The molecule has 0 saturated heterocycles. The zero-order chi connectivity index (χ0) is 12.1. The number of hydrogen-bond donors (Lipinski definition) is 2. The first-order chi connectivity index (χ1) is 8.33. The van der Waals surface area contributed by atoms with Crippen LogP contribution in [0.3, 0.4) is 0 Å². The Morgan fingerprint density at radius 3 is 2.94 bits per heavy atom. The number of aliphatic hydroxyl groups excluding tert-OH is 1.